The first-order valence-electron chi connectivity index (χ1n) is 3.18. The molecule has 2 N–H and O–H groups in total. The minimum Gasteiger partial charge on any atom is -0.393 e. The summed E-state index contributed by atoms with van der Waals surface area (Å²) in [6.45, 7) is 0. The highest BCUT2D eigenvalue weighted by Crippen LogP contribution is 2.24. The molecule has 0 amide bonds. The quantitative estimate of drug-likeness (QED) is 0.557. The Morgan fingerprint density at radius 2 is 1.44 bits per heavy atom. The maximum Gasteiger partial charge on any atom is 0.0575 e. The highest BCUT2D eigenvalue weighted by Gasteiger charge is 2.23. The second-order valence-corrected chi connectivity index (χ2v) is 3.91. The fourth-order valence-electron chi connectivity index (χ4n) is 1.19. The predicted molar refractivity (Wildman–Crippen MR) is 38.6 cm³/mol. The van der Waals surface area contributed by atoms with E-state index in [1.807, 2.05) is 0 Å². The molecule has 0 aromatic heterocycles. The topological polar surface area (TPSA) is 40.5 Å². The Kier molecular flexibility index (Phi) is 2.50. The summed E-state index contributed by atoms with van der Waals surface area (Å²) in [5.74, 6) is 0. The van der Waals surface area contributed by atoms with Crippen molar-refractivity contribution in [3.8, 4) is 0 Å². The SMILES string of the molecule is O[C@@H]1CC(Br)C[C@H](O)C1. The van der Waals surface area contributed by atoms with Crippen molar-refractivity contribution in [3.05, 3.63) is 0 Å². The molecule has 0 aromatic rings. The van der Waals surface area contributed by atoms with Crippen LogP contribution in [-0.4, -0.2) is 27.2 Å². The first-order valence-corrected chi connectivity index (χ1v) is 4.10. The molecule has 1 aliphatic carbocycles. The molecule has 1 aliphatic rings. The molecule has 0 heterocycles. The van der Waals surface area contributed by atoms with Gasteiger partial charge in [-0.15, -0.1) is 0 Å². The summed E-state index contributed by atoms with van der Waals surface area (Å²) in [7, 11) is 0. The number of aliphatic hydroxyl groups excluding tert-OH is 2. The third-order valence-electron chi connectivity index (χ3n) is 1.60. The largest absolute Gasteiger partial charge is 0.393 e. The maximum atomic E-state index is 9.06. The Bertz CT molecular complexity index is 72.0. The number of hydrogen-bond donors (Lipinski definition) is 2. The average molecular weight is 195 g/mol. The zero-order valence-electron chi connectivity index (χ0n) is 5.13. The van der Waals surface area contributed by atoms with E-state index in [4.69, 9.17) is 10.2 Å². The van der Waals surface area contributed by atoms with Crippen LogP contribution in [0.2, 0.25) is 0 Å². The standard InChI is InChI=1S/C6H11BrO2/c7-4-1-5(8)3-6(9)2-4/h4-6,8-9H,1-3H2/t4?,5-,6+. The van der Waals surface area contributed by atoms with Gasteiger partial charge in [0.15, 0.2) is 0 Å². The summed E-state index contributed by atoms with van der Waals surface area (Å²) in [5.41, 5.74) is 0. The van der Waals surface area contributed by atoms with Crippen LogP contribution in [0.1, 0.15) is 19.3 Å². The Morgan fingerprint density at radius 3 is 1.78 bits per heavy atom. The van der Waals surface area contributed by atoms with Gasteiger partial charge in [0.2, 0.25) is 0 Å². The molecule has 0 aliphatic heterocycles. The first-order chi connectivity index (χ1) is 4.18. The van der Waals surface area contributed by atoms with Crippen LogP contribution < -0.4 is 0 Å². The molecule has 0 aromatic carbocycles. The van der Waals surface area contributed by atoms with Gasteiger partial charge in [-0.3, -0.25) is 0 Å². The summed E-state index contributed by atoms with van der Waals surface area (Å²) in [6, 6.07) is 0. The van der Waals surface area contributed by atoms with Crippen LogP contribution in [0.25, 0.3) is 0 Å². The molecule has 0 bridgehead atoms. The summed E-state index contributed by atoms with van der Waals surface area (Å²) in [6.07, 6.45) is 1.48. The molecule has 1 unspecified atom stereocenters. The Morgan fingerprint density at radius 1 is 1.00 bits per heavy atom. The van der Waals surface area contributed by atoms with E-state index in [1.165, 1.54) is 0 Å². The van der Waals surface area contributed by atoms with E-state index in [-0.39, 0.29) is 12.2 Å². The minimum atomic E-state index is -0.307. The molecule has 1 saturated carbocycles. The van der Waals surface area contributed by atoms with E-state index in [1.54, 1.807) is 0 Å². The van der Waals surface area contributed by atoms with Crippen LogP contribution in [-0.2, 0) is 0 Å². The molecular formula is C6H11BrO2. The van der Waals surface area contributed by atoms with Gasteiger partial charge in [-0.25, -0.2) is 0 Å². The van der Waals surface area contributed by atoms with E-state index >= 15 is 0 Å². The fourth-order valence-corrected chi connectivity index (χ4v) is 2.06. The molecule has 54 valence electrons. The Balaban J connectivity index is 2.34. The summed E-state index contributed by atoms with van der Waals surface area (Å²) < 4.78 is 0. The van der Waals surface area contributed by atoms with Crippen LogP contribution in [0.3, 0.4) is 0 Å². The molecule has 0 spiro atoms. The van der Waals surface area contributed by atoms with Crippen LogP contribution in [0.15, 0.2) is 0 Å². The lowest BCUT2D eigenvalue weighted by Crippen LogP contribution is -2.29. The zero-order chi connectivity index (χ0) is 6.85. The van der Waals surface area contributed by atoms with E-state index in [9.17, 15) is 0 Å². The van der Waals surface area contributed by atoms with Gasteiger partial charge < -0.3 is 10.2 Å². The number of halogens is 1. The van der Waals surface area contributed by atoms with Gasteiger partial charge in [0.05, 0.1) is 12.2 Å². The van der Waals surface area contributed by atoms with Gasteiger partial charge in [-0.1, -0.05) is 15.9 Å². The van der Waals surface area contributed by atoms with Crippen molar-refractivity contribution in [3.63, 3.8) is 0 Å². The van der Waals surface area contributed by atoms with Crippen molar-refractivity contribution in [1.29, 1.82) is 0 Å². The zero-order valence-corrected chi connectivity index (χ0v) is 6.71. The number of hydrogen-bond acceptors (Lipinski definition) is 2. The van der Waals surface area contributed by atoms with E-state index in [2.05, 4.69) is 15.9 Å². The normalized spacial score (nSPS) is 45.0. The third-order valence-corrected chi connectivity index (χ3v) is 2.35. The van der Waals surface area contributed by atoms with Gasteiger partial charge in [0.1, 0.15) is 0 Å². The molecule has 3 heteroatoms. The fraction of sp³-hybridized carbons (Fsp3) is 1.00. The van der Waals surface area contributed by atoms with Crippen LogP contribution in [0.5, 0.6) is 0 Å². The Labute approximate surface area is 63.0 Å². The van der Waals surface area contributed by atoms with Crippen molar-refractivity contribution in [2.75, 3.05) is 0 Å². The molecule has 9 heavy (non-hydrogen) atoms. The number of aliphatic hydroxyl groups is 2. The summed E-state index contributed by atoms with van der Waals surface area (Å²) in [4.78, 5) is 0.302. The molecule has 0 radical (unpaired) electrons. The lowest BCUT2D eigenvalue weighted by atomic mass is 9.95. The van der Waals surface area contributed by atoms with E-state index in [0.29, 0.717) is 11.2 Å². The molecule has 1 fully saturated rings. The minimum absolute atomic E-state index is 0.302. The second-order valence-electron chi connectivity index (χ2n) is 2.61. The van der Waals surface area contributed by atoms with Crippen molar-refractivity contribution in [2.24, 2.45) is 0 Å². The predicted octanol–water partition coefficient (Wildman–Crippen LogP) is 0.656. The highest BCUT2D eigenvalue weighted by atomic mass is 79.9. The highest BCUT2D eigenvalue weighted by molar-refractivity contribution is 9.09. The number of alkyl halides is 1. The summed E-state index contributed by atoms with van der Waals surface area (Å²) in [5, 5.41) is 18.1. The van der Waals surface area contributed by atoms with Gasteiger partial charge in [0, 0.05) is 4.83 Å². The molecule has 1 rings (SSSR count). The van der Waals surface area contributed by atoms with Crippen LogP contribution in [0, 0.1) is 0 Å². The van der Waals surface area contributed by atoms with E-state index < -0.39 is 0 Å². The second kappa shape index (κ2) is 2.99. The van der Waals surface area contributed by atoms with Crippen LogP contribution >= 0.6 is 15.9 Å². The van der Waals surface area contributed by atoms with Gasteiger partial charge >= 0.3 is 0 Å². The monoisotopic (exact) mass is 194 g/mol. The molecule has 2 nitrogen and oxygen atoms in total. The maximum absolute atomic E-state index is 9.06. The molecule has 0 saturated heterocycles. The smallest absolute Gasteiger partial charge is 0.0575 e. The summed E-state index contributed by atoms with van der Waals surface area (Å²) >= 11 is 3.35. The number of rotatable bonds is 0. The average Bonchev–Trinajstić information content (AvgIpc) is 1.59. The van der Waals surface area contributed by atoms with E-state index in [0.717, 1.165) is 12.8 Å². The lowest BCUT2D eigenvalue weighted by Gasteiger charge is -2.25. The lowest BCUT2D eigenvalue weighted by molar-refractivity contribution is 0.0445. The van der Waals surface area contributed by atoms with Crippen molar-refractivity contribution in [1.82, 2.24) is 0 Å². The van der Waals surface area contributed by atoms with Crippen molar-refractivity contribution < 1.29 is 10.2 Å². The van der Waals surface area contributed by atoms with Crippen molar-refractivity contribution >= 4 is 15.9 Å². The molecule has 3 atom stereocenters. The van der Waals surface area contributed by atoms with Gasteiger partial charge in [-0.05, 0) is 19.3 Å². The third kappa shape index (κ3) is 2.24. The van der Waals surface area contributed by atoms with Crippen LogP contribution in [0.4, 0.5) is 0 Å². The first kappa shape index (κ1) is 7.51. The van der Waals surface area contributed by atoms with Crippen molar-refractivity contribution in [2.45, 2.75) is 36.3 Å². The van der Waals surface area contributed by atoms with Gasteiger partial charge in [-0.2, -0.15) is 0 Å². The van der Waals surface area contributed by atoms with Gasteiger partial charge in [0.25, 0.3) is 0 Å². The molecular weight excluding hydrogens is 184 g/mol. The Hall–Kier alpha value is 0.400.